The number of piperazine rings is 1. The lowest BCUT2D eigenvalue weighted by molar-refractivity contribution is 0.0936. The normalized spacial score (nSPS) is 26.6. The quantitative estimate of drug-likeness (QED) is 0.841. The molecular formula is C15H20FN3O2. The summed E-state index contributed by atoms with van der Waals surface area (Å²) in [6.45, 7) is 3.98. The zero-order valence-electron chi connectivity index (χ0n) is 12.1. The highest BCUT2D eigenvalue weighted by Crippen LogP contribution is 2.22. The highest BCUT2D eigenvalue weighted by atomic mass is 19.1. The molecule has 0 radical (unpaired) electrons. The number of carbonyl (C=O) groups is 1. The summed E-state index contributed by atoms with van der Waals surface area (Å²) in [5.41, 5.74) is 0.288. The van der Waals surface area contributed by atoms with Crippen LogP contribution in [0.2, 0.25) is 0 Å². The Morgan fingerprint density at radius 1 is 1.38 bits per heavy atom. The Morgan fingerprint density at radius 2 is 2.19 bits per heavy atom. The number of benzene rings is 1. The average Bonchev–Trinajstić information content (AvgIpc) is 2.83. The first kappa shape index (κ1) is 14.3. The van der Waals surface area contributed by atoms with E-state index < -0.39 is 11.6 Å². The Hall–Kier alpha value is -1.66. The number of amides is 1. The molecule has 2 heterocycles. The summed E-state index contributed by atoms with van der Waals surface area (Å²) in [4.78, 5) is 16.9. The van der Waals surface area contributed by atoms with Gasteiger partial charge in [0.1, 0.15) is 0 Å². The number of aromatic hydroxyl groups is 1. The molecular weight excluding hydrogens is 273 g/mol. The van der Waals surface area contributed by atoms with Crippen molar-refractivity contribution in [2.75, 3.05) is 33.2 Å². The van der Waals surface area contributed by atoms with Gasteiger partial charge in [0, 0.05) is 43.8 Å². The summed E-state index contributed by atoms with van der Waals surface area (Å²) in [6, 6.07) is 4.27. The van der Waals surface area contributed by atoms with E-state index >= 15 is 0 Å². The van der Waals surface area contributed by atoms with Crippen LogP contribution < -0.4 is 5.32 Å². The summed E-state index contributed by atoms with van der Waals surface area (Å²) in [5, 5.41) is 12.3. The molecule has 2 saturated heterocycles. The van der Waals surface area contributed by atoms with Gasteiger partial charge in [-0.05, 0) is 31.7 Å². The van der Waals surface area contributed by atoms with E-state index in [1.54, 1.807) is 0 Å². The Bertz CT molecular complexity index is 552. The lowest BCUT2D eigenvalue weighted by atomic mass is 10.1. The van der Waals surface area contributed by atoms with Crippen molar-refractivity contribution in [2.24, 2.45) is 0 Å². The SMILES string of the molecule is CN1CCN2C[C@@H](NC(=O)c3ccc(F)c(O)c3)C[C@H]2C1. The molecule has 0 spiro atoms. The van der Waals surface area contributed by atoms with E-state index in [1.165, 1.54) is 12.1 Å². The molecule has 1 amide bonds. The van der Waals surface area contributed by atoms with Gasteiger partial charge in [0.05, 0.1) is 0 Å². The highest BCUT2D eigenvalue weighted by molar-refractivity contribution is 5.94. The predicted molar refractivity (Wildman–Crippen MR) is 76.8 cm³/mol. The van der Waals surface area contributed by atoms with Crippen LogP contribution in [0.3, 0.4) is 0 Å². The number of halogens is 1. The van der Waals surface area contributed by atoms with Crippen molar-refractivity contribution in [3.63, 3.8) is 0 Å². The minimum atomic E-state index is -0.715. The first-order chi connectivity index (χ1) is 10.0. The summed E-state index contributed by atoms with van der Waals surface area (Å²) in [7, 11) is 2.12. The third-order valence-corrected chi connectivity index (χ3v) is 4.36. The fraction of sp³-hybridized carbons (Fsp3) is 0.533. The molecule has 2 aliphatic heterocycles. The molecule has 5 nitrogen and oxygen atoms in total. The molecule has 1 aromatic carbocycles. The molecule has 114 valence electrons. The molecule has 21 heavy (non-hydrogen) atoms. The average molecular weight is 293 g/mol. The molecule has 0 saturated carbocycles. The number of nitrogens with zero attached hydrogens (tertiary/aromatic N) is 2. The molecule has 0 aliphatic carbocycles. The van der Waals surface area contributed by atoms with Gasteiger partial charge in [0.2, 0.25) is 0 Å². The van der Waals surface area contributed by atoms with Crippen LogP contribution in [0.15, 0.2) is 18.2 Å². The second-order valence-corrected chi connectivity index (χ2v) is 5.98. The number of nitrogens with one attached hydrogen (secondary N) is 1. The Kier molecular flexibility index (Phi) is 3.82. The predicted octanol–water partition coefficient (Wildman–Crippen LogP) is 0.649. The monoisotopic (exact) mass is 293 g/mol. The van der Waals surface area contributed by atoms with E-state index in [2.05, 4.69) is 22.2 Å². The van der Waals surface area contributed by atoms with Crippen molar-refractivity contribution in [2.45, 2.75) is 18.5 Å². The van der Waals surface area contributed by atoms with E-state index in [0.29, 0.717) is 6.04 Å². The lowest BCUT2D eigenvalue weighted by Gasteiger charge is -2.34. The molecule has 0 aromatic heterocycles. The van der Waals surface area contributed by atoms with Crippen molar-refractivity contribution in [3.05, 3.63) is 29.6 Å². The zero-order chi connectivity index (χ0) is 15.0. The van der Waals surface area contributed by atoms with E-state index in [-0.39, 0.29) is 17.5 Å². The molecule has 1 aromatic rings. The first-order valence-corrected chi connectivity index (χ1v) is 7.25. The van der Waals surface area contributed by atoms with Gasteiger partial charge in [0.15, 0.2) is 11.6 Å². The van der Waals surface area contributed by atoms with Crippen LogP contribution in [0, 0.1) is 5.82 Å². The third kappa shape index (κ3) is 3.01. The van der Waals surface area contributed by atoms with Gasteiger partial charge < -0.3 is 15.3 Å². The molecule has 2 fully saturated rings. The fourth-order valence-electron chi connectivity index (χ4n) is 3.23. The largest absolute Gasteiger partial charge is 0.505 e. The van der Waals surface area contributed by atoms with Crippen molar-refractivity contribution >= 4 is 5.91 Å². The maximum Gasteiger partial charge on any atom is 0.251 e. The smallest absolute Gasteiger partial charge is 0.251 e. The van der Waals surface area contributed by atoms with Crippen LogP contribution >= 0.6 is 0 Å². The summed E-state index contributed by atoms with van der Waals surface area (Å²) in [5.74, 6) is -1.47. The molecule has 3 rings (SSSR count). The van der Waals surface area contributed by atoms with Crippen LogP contribution in [0.25, 0.3) is 0 Å². The van der Waals surface area contributed by atoms with Crippen LogP contribution in [-0.2, 0) is 0 Å². The van der Waals surface area contributed by atoms with Gasteiger partial charge in [-0.2, -0.15) is 0 Å². The Labute approximate surface area is 123 Å². The molecule has 0 unspecified atom stereocenters. The van der Waals surface area contributed by atoms with Crippen LogP contribution in [0.1, 0.15) is 16.8 Å². The lowest BCUT2D eigenvalue weighted by Crippen LogP contribution is -2.48. The van der Waals surface area contributed by atoms with Gasteiger partial charge in [-0.15, -0.1) is 0 Å². The van der Waals surface area contributed by atoms with Crippen LogP contribution in [0.4, 0.5) is 4.39 Å². The van der Waals surface area contributed by atoms with Crippen molar-refractivity contribution in [1.29, 1.82) is 0 Å². The topological polar surface area (TPSA) is 55.8 Å². The van der Waals surface area contributed by atoms with Crippen LogP contribution in [-0.4, -0.2) is 66.1 Å². The van der Waals surface area contributed by atoms with E-state index in [1.807, 2.05) is 0 Å². The number of phenolic OH excluding ortho intramolecular Hbond substituents is 1. The Morgan fingerprint density at radius 3 is 2.95 bits per heavy atom. The van der Waals surface area contributed by atoms with Crippen molar-refractivity contribution in [1.82, 2.24) is 15.1 Å². The number of carbonyl (C=O) groups excluding carboxylic acids is 1. The second kappa shape index (κ2) is 5.61. The van der Waals surface area contributed by atoms with Crippen LogP contribution in [0.5, 0.6) is 5.75 Å². The number of hydrogen-bond donors (Lipinski definition) is 2. The summed E-state index contributed by atoms with van der Waals surface area (Å²) >= 11 is 0. The first-order valence-electron chi connectivity index (χ1n) is 7.25. The fourth-order valence-corrected chi connectivity index (χ4v) is 3.23. The summed E-state index contributed by atoms with van der Waals surface area (Å²) < 4.78 is 13.0. The number of likely N-dealkylation sites (N-methyl/N-ethyl adjacent to an activating group) is 1. The number of hydrogen-bond acceptors (Lipinski definition) is 4. The number of fused-ring (bicyclic) bond motifs is 1. The highest BCUT2D eigenvalue weighted by Gasteiger charge is 2.35. The zero-order valence-corrected chi connectivity index (χ0v) is 12.1. The van der Waals surface area contributed by atoms with Crippen molar-refractivity contribution in [3.8, 4) is 5.75 Å². The van der Waals surface area contributed by atoms with Gasteiger partial charge >= 0.3 is 0 Å². The molecule has 0 bridgehead atoms. The minimum Gasteiger partial charge on any atom is -0.505 e. The maximum atomic E-state index is 13.0. The van der Waals surface area contributed by atoms with E-state index in [9.17, 15) is 14.3 Å². The molecule has 2 N–H and O–H groups in total. The van der Waals surface area contributed by atoms with Gasteiger partial charge in [-0.25, -0.2) is 4.39 Å². The Balaban J connectivity index is 1.62. The van der Waals surface area contributed by atoms with E-state index in [0.717, 1.165) is 38.7 Å². The minimum absolute atomic E-state index is 0.112. The van der Waals surface area contributed by atoms with Gasteiger partial charge in [-0.1, -0.05) is 0 Å². The molecule has 6 heteroatoms. The molecule has 2 atom stereocenters. The third-order valence-electron chi connectivity index (χ3n) is 4.36. The standard InChI is InChI=1S/C15H20FN3O2/c1-18-4-5-19-8-11(7-12(19)9-18)17-15(21)10-2-3-13(16)14(20)6-10/h2-3,6,11-12,20H,4-5,7-9H2,1H3,(H,17,21)/t11-,12-/m0/s1. The van der Waals surface area contributed by atoms with Gasteiger partial charge in [0.25, 0.3) is 5.91 Å². The number of rotatable bonds is 2. The number of phenols is 1. The molecule has 2 aliphatic rings. The summed E-state index contributed by atoms with van der Waals surface area (Å²) in [6.07, 6.45) is 0.934. The maximum absolute atomic E-state index is 13.0. The van der Waals surface area contributed by atoms with E-state index in [4.69, 9.17) is 0 Å². The van der Waals surface area contributed by atoms with Gasteiger partial charge in [-0.3, -0.25) is 9.69 Å². The second-order valence-electron chi connectivity index (χ2n) is 5.98. The van der Waals surface area contributed by atoms with Crippen molar-refractivity contribution < 1.29 is 14.3 Å².